The molecular formula is C10H17N3S. The zero-order valence-corrected chi connectivity index (χ0v) is 9.36. The summed E-state index contributed by atoms with van der Waals surface area (Å²) in [5.41, 5.74) is 1.15. The van der Waals surface area contributed by atoms with Crippen molar-refractivity contribution >= 4 is 11.3 Å². The number of nitrogens with zero attached hydrogens (tertiary/aromatic N) is 1. The van der Waals surface area contributed by atoms with Gasteiger partial charge in [0.2, 0.25) is 0 Å². The summed E-state index contributed by atoms with van der Waals surface area (Å²) in [6, 6.07) is 0.677. The van der Waals surface area contributed by atoms with Crippen LogP contribution >= 0.6 is 11.3 Å². The topological polar surface area (TPSA) is 37.0 Å². The second-order valence-electron chi connectivity index (χ2n) is 3.78. The van der Waals surface area contributed by atoms with Crippen LogP contribution < -0.4 is 10.6 Å². The first-order valence-electron chi connectivity index (χ1n) is 5.20. The first-order chi connectivity index (χ1) is 6.84. The number of nitrogens with one attached hydrogen (secondary N) is 2. The molecule has 0 aliphatic carbocycles. The fraction of sp³-hybridized carbons (Fsp3) is 0.700. The molecule has 1 saturated heterocycles. The van der Waals surface area contributed by atoms with Gasteiger partial charge in [0.05, 0.1) is 5.01 Å². The maximum absolute atomic E-state index is 4.44. The van der Waals surface area contributed by atoms with E-state index in [1.54, 1.807) is 11.3 Å². The Labute approximate surface area is 88.9 Å². The van der Waals surface area contributed by atoms with Gasteiger partial charge in [-0.25, -0.2) is 4.98 Å². The fourth-order valence-electron chi connectivity index (χ4n) is 1.73. The van der Waals surface area contributed by atoms with E-state index in [4.69, 9.17) is 0 Å². The Kier molecular flexibility index (Phi) is 3.50. The van der Waals surface area contributed by atoms with E-state index < -0.39 is 0 Å². The number of rotatable bonds is 4. The minimum Gasteiger partial charge on any atom is -0.315 e. The summed E-state index contributed by atoms with van der Waals surface area (Å²) in [6.45, 7) is 5.39. The molecule has 1 aliphatic rings. The van der Waals surface area contributed by atoms with Crippen molar-refractivity contribution < 1.29 is 0 Å². The van der Waals surface area contributed by atoms with Crippen molar-refractivity contribution in [1.82, 2.24) is 15.6 Å². The normalized spacial score (nSPS) is 21.6. The molecule has 1 fully saturated rings. The van der Waals surface area contributed by atoms with Gasteiger partial charge in [0, 0.05) is 36.6 Å². The standard InChI is InChI=1S/C10H17N3S/c1-8-7-14-10(13-8)3-5-12-9-2-4-11-6-9/h7,9,11-12H,2-6H2,1H3. The van der Waals surface area contributed by atoms with Crippen molar-refractivity contribution in [3.8, 4) is 0 Å². The Hall–Kier alpha value is -0.450. The second kappa shape index (κ2) is 4.87. The lowest BCUT2D eigenvalue weighted by Gasteiger charge is -2.09. The van der Waals surface area contributed by atoms with Gasteiger partial charge in [-0.15, -0.1) is 11.3 Å². The number of aromatic nitrogens is 1. The van der Waals surface area contributed by atoms with Gasteiger partial charge >= 0.3 is 0 Å². The lowest BCUT2D eigenvalue weighted by Crippen LogP contribution is -2.32. The first kappa shape index (κ1) is 10.1. The van der Waals surface area contributed by atoms with E-state index in [1.165, 1.54) is 11.4 Å². The minimum atomic E-state index is 0.677. The van der Waals surface area contributed by atoms with E-state index in [1.807, 2.05) is 6.92 Å². The van der Waals surface area contributed by atoms with Crippen LogP contribution in [0.4, 0.5) is 0 Å². The van der Waals surface area contributed by atoms with Crippen LogP contribution in [-0.4, -0.2) is 30.7 Å². The van der Waals surface area contributed by atoms with Crippen molar-refractivity contribution in [2.24, 2.45) is 0 Å². The second-order valence-corrected chi connectivity index (χ2v) is 4.72. The summed E-state index contributed by atoms with van der Waals surface area (Å²) < 4.78 is 0. The third-order valence-corrected chi connectivity index (χ3v) is 3.53. The van der Waals surface area contributed by atoms with Gasteiger partial charge < -0.3 is 10.6 Å². The molecule has 0 aromatic carbocycles. The lowest BCUT2D eigenvalue weighted by atomic mass is 10.2. The Morgan fingerprint density at radius 2 is 2.64 bits per heavy atom. The van der Waals surface area contributed by atoms with Gasteiger partial charge in [-0.1, -0.05) is 0 Å². The highest BCUT2D eigenvalue weighted by atomic mass is 32.1. The van der Waals surface area contributed by atoms with E-state index in [0.717, 1.165) is 31.7 Å². The largest absolute Gasteiger partial charge is 0.315 e. The van der Waals surface area contributed by atoms with Gasteiger partial charge in [-0.2, -0.15) is 0 Å². The van der Waals surface area contributed by atoms with Crippen LogP contribution in [-0.2, 0) is 6.42 Å². The van der Waals surface area contributed by atoms with Crippen LogP contribution in [0.2, 0.25) is 0 Å². The predicted molar refractivity (Wildman–Crippen MR) is 59.8 cm³/mol. The molecule has 14 heavy (non-hydrogen) atoms. The van der Waals surface area contributed by atoms with E-state index >= 15 is 0 Å². The van der Waals surface area contributed by atoms with Crippen LogP contribution in [0.1, 0.15) is 17.1 Å². The van der Waals surface area contributed by atoms with Gasteiger partial charge in [-0.3, -0.25) is 0 Å². The SMILES string of the molecule is Cc1csc(CCNC2CCNC2)n1. The Bertz CT molecular complexity index is 279. The van der Waals surface area contributed by atoms with Gasteiger partial charge in [0.1, 0.15) is 0 Å². The fourth-order valence-corrected chi connectivity index (χ4v) is 2.51. The molecule has 2 heterocycles. The summed E-state index contributed by atoms with van der Waals surface area (Å²) in [5, 5.41) is 10.3. The zero-order valence-electron chi connectivity index (χ0n) is 8.55. The molecule has 1 unspecified atom stereocenters. The van der Waals surface area contributed by atoms with Crippen molar-refractivity contribution in [2.45, 2.75) is 25.8 Å². The van der Waals surface area contributed by atoms with Crippen molar-refractivity contribution in [3.63, 3.8) is 0 Å². The molecule has 1 aromatic rings. The van der Waals surface area contributed by atoms with E-state index in [-0.39, 0.29) is 0 Å². The third-order valence-electron chi connectivity index (χ3n) is 2.50. The maximum Gasteiger partial charge on any atom is 0.0940 e. The predicted octanol–water partition coefficient (Wildman–Crippen LogP) is 0.946. The van der Waals surface area contributed by atoms with Gasteiger partial charge in [0.15, 0.2) is 0 Å². The van der Waals surface area contributed by atoms with Gasteiger partial charge in [-0.05, 0) is 19.9 Å². The highest BCUT2D eigenvalue weighted by Crippen LogP contribution is 2.08. The Balaban J connectivity index is 1.67. The molecule has 2 N–H and O–H groups in total. The van der Waals surface area contributed by atoms with Crippen LogP contribution in [0.25, 0.3) is 0 Å². The van der Waals surface area contributed by atoms with Crippen LogP contribution in [0, 0.1) is 6.92 Å². The number of hydrogen-bond donors (Lipinski definition) is 2. The summed E-state index contributed by atoms with van der Waals surface area (Å²) >= 11 is 1.77. The molecule has 0 spiro atoms. The molecule has 2 rings (SSSR count). The summed E-state index contributed by atoms with van der Waals surface area (Å²) in [7, 11) is 0. The van der Waals surface area contributed by atoms with Gasteiger partial charge in [0.25, 0.3) is 0 Å². The quantitative estimate of drug-likeness (QED) is 0.778. The zero-order chi connectivity index (χ0) is 9.80. The molecule has 1 aliphatic heterocycles. The van der Waals surface area contributed by atoms with Crippen LogP contribution in [0.3, 0.4) is 0 Å². The summed E-state index contributed by atoms with van der Waals surface area (Å²) in [4.78, 5) is 4.44. The average molecular weight is 211 g/mol. The molecular weight excluding hydrogens is 194 g/mol. The average Bonchev–Trinajstić information content (AvgIpc) is 2.77. The highest BCUT2D eigenvalue weighted by molar-refractivity contribution is 7.09. The Morgan fingerprint density at radius 3 is 3.29 bits per heavy atom. The number of aryl methyl sites for hydroxylation is 1. The minimum absolute atomic E-state index is 0.677. The smallest absolute Gasteiger partial charge is 0.0940 e. The van der Waals surface area contributed by atoms with Crippen LogP contribution in [0.15, 0.2) is 5.38 Å². The summed E-state index contributed by atoms with van der Waals surface area (Å²) in [5.74, 6) is 0. The van der Waals surface area contributed by atoms with E-state index in [0.29, 0.717) is 6.04 Å². The molecule has 0 bridgehead atoms. The monoisotopic (exact) mass is 211 g/mol. The lowest BCUT2D eigenvalue weighted by molar-refractivity contribution is 0.550. The number of hydrogen-bond acceptors (Lipinski definition) is 4. The molecule has 1 atom stereocenters. The Morgan fingerprint density at radius 1 is 1.71 bits per heavy atom. The molecule has 0 saturated carbocycles. The van der Waals surface area contributed by atoms with E-state index in [9.17, 15) is 0 Å². The van der Waals surface area contributed by atoms with Crippen molar-refractivity contribution in [3.05, 3.63) is 16.1 Å². The molecule has 0 amide bonds. The highest BCUT2D eigenvalue weighted by Gasteiger charge is 2.12. The molecule has 1 aromatic heterocycles. The number of thiazole rings is 1. The molecule has 0 radical (unpaired) electrons. The summed E-state index contributed by atoms with van der Waals surface area (Å²) in [6.07, 6.45) is 2.33. The van der Waals surface area contributed by atoms with Crippen molar-refractivity contribution in [1.29, 1.82) is 0 Å². The molecule has 3 nitrogen and oxygen atoms in total. The molecule has 78 valence electrons. The maximum atomic E-state index is 4.44. The van der Waals surface area contributed by atoms with Crippen LogP contribution in [0.5, 0.6) is 0 Å². The van der Waals surface area contributed by atoms with E-state index in [2.05, 4.69) is 21.0 Å². The molecule has 4 heteroatoms. The van der Waals surface area contributed by atoms with Crippen molar-refractivity contribution in [2.75, 3.05) is 19.6 Å². The first-order valence-corrected chi connectivity index (χ1v) is 6.07. The third kappa shape index (κ3) is 2.77.